The first-order valence-electron chi connectivity index (χ1n) is 11.9. The van der Waals surface area contributed by atoms with Crippen molar-refractivity contribution in [1.29, 1.82) is 0 Å². The largest absolute Gasteiger partial charge is 0.420 e. The summed E-state index contributed by atoms with van der Waals surface area (Å²) in [6.07, 6.45) is 0. The maximum absolute atomic E-state index is 6.17. The molecule has 4 rings (SSSR count). The summed E-state index contributed by atoms with van der Waals surface area (Å²) in [5.74, 6) is 1.07. The van der Waals surface area contributed by atoms with E-state index in [-0.39, 0.29) is 5.41 Å². The number of rotatable bonds is 4. The molecule has 0 saturated carbocycles. The first-order valence-corrected chi connectivity index (χ1v) is 11.9. The van der Waals surface area contributed by atoms with Crippen molar-refractivity contribution in [2.75, 3.05) is 14.1 Å². The normalized spacial score (nSPS) is 12.5. The molecular weight excluding hydrogens is 428 g/mol. The molecular formula is C32H32N2O. The number of hydrogen-bond donors (Lipinski definition) is 0. The second-order valence-corrected chi connectivity index (χ2v) is 9.51. The summed E-state index contributed by atoms with van der Waals surface area (Å²) in [6.45, 7) is 6.69. The molecule has 35 heavy (non-hydrogen) atoms. The van der Waals surface area contributed by atoms with Gasteiger partial charge in [0, 0.05) is 25.2 Å². The maximum Gasteiger partial charge on any atom is 0.223 e. The van der Waals surface area contributed by atoms with E-state index in [2.05, 4.69) is 91.4 Å². The zero-order valence-corrected chi connectivity index (χ0v) is 21.1. The van der Waals surface area contributed by atoms with Gasteiger partial charge in [0.2, 0.25) is 11.8 Å². The van der Waals surface area contributed by atoms with Crippen molar-refractivity contribution in [1.82, 2.24) is 0 Å². The second-order valence-electron chi connectivity index (χ2n) is 9.51. The van der Waals surface area contributed by atoms with Gasteiger partial charge >= 0.3 is 0 Å². The number of hydrogen-bond acceptors (Lipinski definition) is 3. The lowest BCUT2D eigenvalue weighted by molar-refractivity contribution is 0.545. The molecule has 0 atom stereocenters. The van der Waals surface area contributed by atoms with E-state index >= 15 is 0 Å². The minimum atomic E-state index is 0.145. The van der Waals surface area contributed by atoms with Crippen LogP contribution in [0.3, 0.4) is 0 Å². The van der Waals surface area contributed by atoms with E-state index in [1.165, 1.54) is 16.7 Å². The molecule has 4 aromatic carbocycles. The van der Waals surface area contributed by atoms with Gasteiger partial charge in [-0.05, 0) is 57.5 Å². The third-order valence-corrected chi connectivity index (χ3v) is 6.05. The molecule has 0 aliphatic carbocycles. The zero-order valence-electron chi connectivity index (χ0n) is 21.1. The Morgan fingerprint density at radius 1 is 0.514 bits per heavy atom. The van der Waals surface area contributed by atoms with Gasteiger partial charge in [-0.25, -0.2) is 0 Å². The van der Waals surface area contributed by atoms with Gasteiger partial charge in [0.1, 0.15) is 0 Å². The molecule has 0 aliphatic rings. The first-order chi connectivity index (χ1) is 16.9. The Morgan fingerprint density at radius 3 is 1.26 bits per heavy atom. The van der Waals surface area contributed by atoms with Crippen molar-refractivity contribution in [3.63, 3.8) is 0 Å². The number of benzene rings is 4. The minimum absolute atomic E-state index is 0.145. The lowest BCUT2D eigenvalue weighted by atomic mass is 9.86. The Morgan fingerprint density at radius 2 is 0.886 bits per heavy atom. The van der Waals surface area contributed by atoms with Crippen LogP contribution in [0.5, 0.6) is 0 Å². The topological polar surface area (TPSA) is 34.0 Å². The summed E-state index contributed by atoms with van der Waals surface area (Å²) in [5, 5.41) is 0. The molecule has 0 heterocycles. The Kier molecular flexibility index (Phi) is 7.26. The lowest BCUT2D eigenvalue weighted by Gasteiger charge is -2.19. The smallest absolute Gasteiger partial charge is 0.223 e. The van der Waals surface area contributed by atoms with Crippen LogP contribution < -0.4 is 0 Å². The van der Waals surface area contributed by atoms with E-state index in [1.54, 1.807) is 14.1 Å². The van der Waals surface area contributed by atoms with Gasteiger partial charge in [0.15, 0.2) is 0 Å². The lowest BCUT2D eigenvalue weighted by Crippen LogP contribution is -2.15. The number of nitrogens with zero attached hydrogens (tertiary/aromatic N) is 2. The molecule has 3 heteroatoms. The monoisotopic (exact) mass is 460 g/mol. The second kappa shape index (κ2) is 10.5. The fourth-order valence-electron chi connectivity index (χ4n) is 3.96. The van der Waals surface area contributed by atoms with E-state index in [1.807, 2.05) is 42.5 Å². The van der Waals surface area contributed by atoms with E-state index < -0.39 is 0 Å². The van der Waals surface area contributed by atoms with Crippen molar-refractivity contribution in [2.24, 2.45) is 9.98 Å². The van der Waals surface area contributed by atoms with E-state index in [0.717, 1.165) is 22.3 Å². The zero-order chi connectivity index (χ0) is 24.8. The average molecular weight is 461 g/mol. The summed E-state index contributed by atoms with van der Waals surface area (Å²) in [5.41, 5.74) is 7.97. The number of ether oxygens (including phenoxy) is 1. The first kappa shape index (κ1) is 24.2. The van der Waals surface area contributed by atoms with Crippen molar-refractivity contribution in [3.8, 4) is 22.3 Å². The third kappa shape index (κ3) is 5.75. The SMILES string of the molecule is C/N=C(\O/C(=N/C)c1ccc(-c2ccccc2)cc1)c1ccc(-c2ccc(C(C)(C)C)cc2)cc1. The third-order valence-electron chi connectivity index (χ3n) is 6.05. The molecule has 0 radical (unpaired) electrons. The van der Waals surface area contributed by atoms with Gasteiger partial charge < -0.3 is 4.74 Å². The summed E-state index contributed by atoms with van der Waals surface area (Å²) in [4.78, 5) is 8.77. The molecule has 0 amide bonds. The molecule has 0 fully saturated rings. The molecule has 3 nitrogen and oxygen atoms in total. The van der Waals surface area contributed by atoms with E-state index in [9.17, 15) is 0 Å². The Hall–Kier alpha value is -3.98. The molecule has 0 spiro atoms. The molecule has 0 N–H and O–H groups in total. The molecule has 0 aromatic heterocycles. The van der Waals surface area contributed by atoms with Crippen LogP contribution >= 0.6 is 0 Å². The van der Waals surface area contributed by atoms with Crippen molar-refractivity contribution in [3.05, 3.63) is 120 Å². The average Bonchev–Trinajstić information content (AvgIpc) is 2.90. The molecule has 4 aromatic rings. The van der Waals surface area contributed by atoms with E-state index in [4.69, 9.17) is 4.74 Å². The van der Waals surface area contributed by atoms with Gasteiger partial charge in [-0.2, -0.15) is 0 Å². The van der Waals surface area contributed by atoms with Crippen LogP contribution in [0.1, 0.15) is 37.5 Å². The van der Waals surface area contributed by atoms with Gasteiger partial charge in [-0.1, -0.05) is 99.6 Å². The van der Waals surface area contributed by atoms with Crippen LogP contribution in [-0.4, -0.2) is 25.9 Å². The summed E-state index contributed by atoms with van der Waals surface area (Å²) in [6, 6.07) is 35.6. The van der Waals surface area contributed by atoms with Gasteiger partial charge in [0.25, 0.3) is 0 Å². The summed E-state index contributed by atoms with van der Waals surface area (Å²) in [7, 11) is 3.47. The highest BCUT2D eigenvalue weighted by atomic mass is 16.5. The highest BCUT2D eigenvalue weighted by Crippen LogP contribution is 2.26. The summed E-state index contributed by atoms with van der Waals surface area (Å²) >= 11 is 0. The molecule has 176 valence electrons. The van der Waals surface area contributed by atoms with Crippen LogP contribution in [0.15, 0.2) is 113 Å². The summed E-state index contributed by atoms with van der Waals surface area (Å²) < 4.78 is 6.17. The van der Waals surface area contributed by atoms with Crippen LogP contribution in [0.4, 0.5) is 0 Å². The van der Waals surface area contributed by atoms with Crippen LogP contribution in [0.2, 0.25) is 0 Å². The van der Waals surface area contributed by atoms with Crippen molar-refractivity contribution < 1.29 is 4.74 Å². The van der Waals surface area contributed by atoms with Crippen LogP contribution in [-0.2, 0) is 10.2 Å². The number of aliphatic imine (C=N–C) groups is 2. The Balaban J connectivity index is 1.49. The quantitative estimate of drug-likeness (QED) is 0.226. The predicted octanol–water partition coefficient (Wildman–Crippen LogP) is 7.79. The van der Waals surface area contributed by atoms with Crippen molar-refractivity contribution >= 4 is 11.8 Å². The highest BCUT2D eigenvalue weighted by Gasteiger charge is 2.14. The van der Waals surface area contributed by atoms with E-state index in [0.29, 0.717) is 11.8 Å². The Labute approximate surface area is 208 Å². The maximum atomic E-state index is 6.17. The van der Waals surface area contributed by atoms with Crippen LogP contribution in [0, 0.1) is 0 Å². The predicted molar refractivity (Wildman–Crippen MR) is 148 cm³/mol. The molecule has 0 unspecified atom stereocenters. The molecule has 0 aliphatic heterocycles. The van der Waals surface area contributed by atoms with Gasteiger partial charge in [-0.15, -0.1) is 0 Å². The fraction of sp³-hybridized carbons (Fsp3) is 0.188. The fourth-order valence-corrected chi connectivity index (χ4v) is 3.96. The Bertz CT molecular complexity index is 1310. The molecule has 0 saturated heterocycles. The highest BCUT2D eigenvalue weighted by molar-refractivity contribution is 6.07. The van der Waals surface area contributed by atoms with Gasteiger partial charge in [-0.3, -0.25) is 9.98 Å². The molecule has 0 bridgehead atoms. The van der Waals surface area contributed by atoms with Gasteiger partial charge in [0.05, 0.1) is 0 Å². The van der Waals surface area contributed by atoms with Crippen LogP contribution in [0.25, 0.3) is 22.3 Å². The van der Waals surface area contributed by atoms with Crippen molar-refractivity contribution in [2.45, 2.75) is 26.2 Å². The standard InChI is InChI=1S/C32H32N2O/c1-32(2,3)29-21-19-26(20-22-29)25-13-17-28(18-14-25)31(34-5)35-30(33-4)27-15-11-24(12-16-27)23-9-7-6-8-10-23/h6-22H,1-5H3/b33-30+,34-31-. The minimum Gasteiger partial charge on any atom is -0.420 e.